The van der Waals surface area contributed by atoms with E-state index in [0.717, 1.165) is 26.2 Å². The fourth-order valence-corrected chi connectivity index (χ4v) is 3.05. The summed E-state index contributed by atoms with van der Waals surface area (Å²) < 4.78 is 16.6. The van der Waals surface area contributed by atoms with Crippen molar-refractivity contribution in [1.29, 1.82) is 0 Å². The van der Waals surface area contributed by atoms with Gasteiger partial charge in [0.15, 0.2) is 5.52 Å². The fourth-order valence-electron chi connectivity index (χ4n) is 3.05. The zero-order valence-electron chi connectivity index (χ0n) is 16.8. The third-order valence-corrected chi connectivity index (χ3v) is 4.43. The Bertz CT molecular complexity index is 1010. The van der Waals surface area contributed by atoms with Gasteiger partial charge in [-0.1, -0.05) is 31.5 Å². The van der Waals surface area contributed by atoms with Gasteiger partial charge >= 0.3 is 11.6 Å². The lowest BCUT2D eigenvalue weighted by molar-refractivity contribution is 0.630. The van der Waals surface area contributed by atoms with Crippen LogP contribution >= 0.6 is 0 Å². The number of pyridine rings is 1. The van der Waals surface area contributed by atoms with E-state index in [-0.39, 0.29) is 5.56 Å². The molecule has 1 fully saturated rings. The van der Waals surface area contributed by atoms with E-state index in [4.69, 9.17) is 8.42 Å². The number of aromatic amines is 1. The largest absolute Gasteiger partial charge is 0.368 e. The normalized spacial score (nSPS) is 13.1. The van der Waals surface area contributed by atoms with E-state index in [2.05, 4.69) is 55.9 Å². The van der Waals surface area contributed by atoms with Crippen molar-refractivity contribution in [3.63, 3.8) is 0 Å². The van der Waals surface area contributed by atoms with Crippen LogP contribution in [-0.4, -0.2) is 49.5 Å². The molecule has 0 unspecified atom stereocenters. The molecule has 8 nitrogen and oxygen atoms in total. The first kappa shape index (κ1) is 22.2. The number of hydrogen-bond acceptors (Lipinski definition) is 7. The van der Waals surface area contributed by atoms with Gasteiger partial charge in [-0.05, 0) is 31.2 Å². The highest BCUT2D eigenvalue weighted by molar-refractivity contribution is 7.51. The topological polar surface area (TPSA) is 99.3 Å². The van der Waals surface area contributed by atoms with Crippen molar-refractivity contribution in [2.24, 2.45) is 0 Å². The minimum absolute atomic E-state index is 0.184. The van der Waals surface area contributed by atoms with Crippen molar-refractivity contribution in [2.75, 3.05) is 36.0 Å². The average molecular weight is 416 g/mol. The van der Waals surface area contributed by atoms with Gasteiger partial charge in [-0.3, -0.25) is 9.78 Å². The van der Waals surface area contributed by atoms with Crippen molar-refractivity contribution in [3.8, 4) is 0 Å². The lowest BCUT2D eigenvalue weighted by atomic mass is 10.2. The van der Waals surface area contributed by atoms with Crippen molar-refractivity contribution >= 4 is 34.2 Å². The van der Waals surface area contributed by atoms with Gasteiger partial charge in [-0.25, -0.2) is 9.97 Å². The predicted molar refractivity (Wildman–Crippen MR) is 116 cm³/mol. The summed E-state index contributed by atoms with van der Waals surface area (Å²) in [6.45, 7) is 9.54. The maximum atomic E-state index is 12.2. The zero-order valence-corrected chi connectivity index (χ0v) is 17.6. The first-order valence-corrected chi connectivity index (χ1v) is 10.1. The van der Waals surface area contributed by atoms with Gasteiger partial charge in [0, 0.05) is 38.1 Å². The second-order valence-electron chi connectivity index (χ2n) is 6.14. The molecule has 1 aliphatic rings. The summed E-state index contributed by atoms with van der Waals surface area (Å²) in [7, 11) is 0. The molecule has 0 amide bonds. The molecular formula is C20H25N5O3S. The van der Waals surface area contributed by atoms with Crippen LogP contribution in [0.25, 0.3) is 11.0 Å². The Morgan fingerprint density at radius 1 is 0.966 bits per heavy atom. The summed E-state index contributed by atoms with van der Waals surface area (Å²) in [5, 5.41) is 0. The highest BCUT2D eigenvalue weighted by Gasteiger charge is 2.19. The molecule has 0 radical (unpaired) electrons. The number of aromatic nitrogens is 3. The smallest absolute Gasteiger partial charge is 0.335 e. The van der Waals surface area contributed by atoms with E-state index >= 15 is 0 Å². The number of benzene rings is 1. The zero-order chi connectivity index (χ0) is 21.2. The number of rotatable bonds is 2. The van der Waals surface area contributed by atoms with Gasteiger partial charge in [-0.2, -0.15) is 8.42 Å². The van der Waals surface area contributed by atoms with Crippen LogP contribution in [0.1, 0.15) is 19.4 Å². The molecule has 1 aliphatic heterocycles. The summed E-state index contributed by atoms with van der Waals surface area (Å²) in [5.41, 5.74) is 3.35. The van der Waals surface area contributed by atoms with Crippen LogP contribution in [0.3, 0.4) is 0 Å². The van der Waals surface area contributed by atoms with Gasteiger partial charge in [0.2, 0.25) is 5.95 Å². The molecule has 3 aromatic rings. The number of fused-ring (bicyclic) bond motifs is 1. The summed E-state index contributed by atoms with van der Waals surface area (Å²) >= 11 is -0.750. The SMILES string of the molecule is CC.Cc1ccc(N2CCN(c3nc4cccnc4c(=O)[nH]3)CC2)cc1.O=S=O. The van der Waals surface area contributed by atoms with Crippen molar-refractivity contribution < 1.29 is 8.42 Å². The second kappa shape index (κ2) is 11.1. The van der Waals surface area contributed by atoms with Crippen molar-refractivity contribution in [3.05, 3.63) is 58.5 Å². The first-order chi connectivity index (χ1) is 14.1. The predicted octanol–water partition coefficient (Wildman–Crippen LogP) is 2.31. The van der Waals surface area contributed by atoms with Gasteiger partial charge in [0.25, 0.3) is 5.56 Å². The maximum Gasteiger partial charge on any atom is 0.335 e. The van der Waals surface area contributed by atoms with Crippen molar-refractivity contribution in [1.82, 2.24) is 15.0 Å². The van der Waals surface area contributed by atoms with Crippen LogP contribution in [0.15, 0.2) is 47.4 Å². The van der Waals surface area contributed by atoms with E-state index < -0.39 is 11.6 Å². The van der Waals surface area contributed by atoms with Crippen LogP contribution < -0.4 is 15.4 Å². The Hall–Kier alpha value is -3.07. The summed E-state index contributed by atoms with van der Waals surface area (Å²) in [6.07, 6.45) is 1.61. The number of nitrogens with zero attached hydrogens (tertiary/aromatic N) is 4. The van der Waals surface area contributed by atoms with Crippen LogP contribution in [-0.2, 0) is 11.6 Å². The summed E-state index contributed by atoms with van der Waals surface area (Å²) in [6, 6.07) is 12.2. The van der Waals surface area contributed by atoms with E-state index in [0.29, 0.717) is 17.0 Å². The van der Waals surface area contributed by atoms with Gasteiger partial charge in [0.05, 0.1) is 5.52 Å². The molecule has 4 rings (SSSR count). The highest BCUT2D eigenvalue weighted by atomic mass is 32.1. The molecule has 0 saturated carbocycles. The minimum Gasteiger partial charge on any atom is -0.368 e. The maximum absolute atomic E-state index is 12.2. The molecule has 1 N–H and O–H groups in total. The molecule has 1 saturated heterocycles. The molecule has 0 bridgehead atoms. The van der Waals surface area contributed by atoms with E-state index in [9.17, 15) is 4.79 Å². The van der Waals surface area contributed by atoms with E-state index in [1.807, 2.05) is 19.9 Å². The standard InChI is InChI=1S/C18H19N5O.C2H6.O2S/c1-13-4-6-14(7-5-13)22-9-11-23(12-10-22)18-20-15-3-2-8-19-16(15)17(24)21-18;1-2;1-3-2/h2-8H,9-12H2,1H3,(H,20,21,24);1-2H3;. The Labute approximate surface area is 173 Å². The highest BCUT2D eigenvalue weighted by Crippen LogP contribution is 2.19. The average Bonchev–Trinajstić information content (AvgIpc) is 2.76. The van der Waals surface area contributed by atoms with Crippen molar-refractivity contribution in [2.45, 2.75) is 20.8 Å². The Morgan fingerprint density at radius 3 is 2.17 bits per heavy atom. The number of piperazine rings is 1. The Balaban J connectivity index is 0.000000551. The van der Waals surface area contributed by atoms with Gasteiger partial charge < -0.3 is 9.80 Å². The number of hydrogen-bond donors (Lipinski definition) is 1. The summed E-state index contributed by atoms with van der Waals surface area (Å²) in [4.78, 5) is 28.2. The first-order valence-electron chi connectivity index (χ1n) is 9.46. The number of aryl methyl sites for hydroxylation is 1. The molecule has 1 aromatic carbocycles. The molecule has 3 heterocycles. The molecular weight excluding hydrogens is 390 g/mol. The van der Waals surface area contributed by atoms with E-state index in [1.165, 1.54) is 11.3 Å². The minimum atomic E-state index is -0.750. The summed E-state index contributed by atoms with van der Waals surface area (Å²) in [5.74, 6) is 0.629. The number of H-pyrrole nitrogens is 1. The monoisotopic (exact) mass is 415 g/mol. The molecule has 2 aromatic heterocycles. The fraction of sp³-hybridized carbons (Fsp3) is 0.350. The molecule has 29 heavy (non-hydrogen) atoms. The van der Waals surface area contributed by atoms with Crippen LogP contribution in [0, 0.1) is 6.92 Å². The number of anilines is 2. The van der Waals surface area contributed by atoms with Gasteiger partial charge in [-0.15, -0.1) is 0 Å². The molecule has 0 atom stereocenters. The lowest BCUT2D eigenvalue weighted by Crippen LogP contribution is -2.47. The van der Waals surface area contributed by atoms with Crippen LogP contribution in [0.5, 0.6) is 0 Å². The molecule has 0 aliphatic carbocycles. The van der Waals surface area contributed by atoms with E-state index in [1.54, 1.807) is 12.3 Å². The Morgan fingerprint density at radius 2 is 1.55 bits per heavy atom. The third-order valence-electron chi connectivity index (χ3n) is 4.43. The molecule has 154 valence electrons. The third kappa shape index (κ3) is 5.71. The molecule has 9 heteroatoms. The molecule has 0 spiro atoms. The van der Waals surface area contributed by atoms with Gasteiger partial charge in [0.1, 0.15) is 0 Å². The lowest BCUT2D eigenvalue weighted by Gasteiger charge is -2.36. The van der Waals surface area contributed by atoms with Crippen LogP contribution in [0.2, 0.25) is 0 Å². The second-order valence-corrected chi connectivity index (χ2v) is 6.27. The quantitative estimate of drug-likeness (QED) is 0.686. The van der Waals surface area contributed by atoms with Crippen LogP contribution in [0.4, 0.5) is 11.6 Å². The Kier molecular flexibility index (Phi) is 8.47. The number of nitrogens with one attached hydrogen (secondary N) is 1.